The average Bonchev–Trinajstić information content (AvgIpc) is 3.27. The predicted molar refractivity (Wildman–Crippen MR) is 115 cm³/mol. The van der Waals surface area contributed by atoms with E-state index in [0.29, 0.717) is 27.6 Å². The molecule has 0 fully saturated rings. The minimum Gasteiger partial charge on any atom is -0.444 e. The van der Waals surface area contributed by atoms with Crippen molar-refractivity contribution in [2.75, 3.05) is 10.6 Å². The third-order valence-electron chi connectivity index (χ3n) is 4.73. The highest BCUT2D eigenvalue weighted by Crippen LogP contribution is 2.39. The Balaban J connectivity index is 1.40. The number of rotatable bonds is 3. The Kier molecular flexibility index (Phi) is 4.76. The third kappa shape index (κ3) is 3.80. The van der Waals surface area contributed by atoms with E-state index in [9.17, 15) is 14.0 Å². The number of halogens is 1. The standard InChI is InChI=1S/C23H14FN3O3S/c24-15-5-7-20-17(10-15)23(29)27-18-9-14(4-6-21(18)31-20)22(28)26-16-3-1-2-13(8-16)19-11-25-12-30-19/h1-12H,(H,26,28)(H,27,29). The molecule has 0 spiro atoms. The number of anilines is 2. The summed E-state index contributed by atoms with van der Waals surface area (Å²) in [5, 5.41) is 5.62. The topological polar surface area (TPSA) is 84.2 Å². The van der Waals surface area contributed by atoms with Gasteiger partial charge in [0.15, 0.2) is 12.2 Å². The van der Waals surface area contributed by atoms with Gasteiger partial charge in [-0.05, 0) is 48.5 Å². The molecule has 2 N–H and O–H groups in total. The van der Waals surface area contributed by atoms with Gasteiger partial charge in [-0.25, -0.2) is 9.37 Å². The lowest BCUT2D eigenvalue weighted by atomic mass is 10.1. The largest absolute Gasteiger partial charge is 0.444 e. The van der Waals surface area contributed by atoms with Crippen LogP contribution in [0.5, 0.6) is 0 Å². The molecule has 4 aromatic rings. The summed E-state index contributed by atoms with van der Waals surface area (Å²) in [5.74, 6) is -0.632. The van der Waals surface area contributed by atoms with Crippen LogP contribution in [0.25, 0.3) is 11.3 Å². The quantitative estimate of drug-likeness (QED) is 0.451. The number of nitrogens with zero attached hydrogens (tertiary/aromatic N) is 1. The zero-order valence-corrected chi connectivity index (χ0v) is 16.7. The molecule has 0 aliphatic carbocycles. The molecule has 8 heteroatoms. The Bertz CT molecular complexity index is 1320. The van der Waals surface area contributed by atoms with Gasteiger partial charge in [-0.1, -0.05) is 23.9 Å². The lowest BCUT2D eigenvalue weighted by molar-refractivity contribution is 0.101. The van der Waals surface area contributed by atoms with E-state index in [-0.39, 0.29) is 11.5 Å². The van der Waals surface area contributed by atoms with E-state index in [0.717, 1.165) is 10.5 Å². The molecule has 5 rings (SSSR count). The molecular formula is C23H14FN3O3S. The van der Waals surface area contributed by atoms with Gasteiger partial charge in [0.1, 0.15) is 5.82 Å². The first-order chi connectivity index (χ1) is 15.1. The molecule has 3 aromatic carbocycles. The molecule has 1 aliphatic heterocycles. The fourth-order valence-corrected chi connectivity index (χ4v) is 4.24. The Morgan fingerprint density at radius 2 is 1.94 bits per heavy atom. The number of amides is 2. The maximum Gasteiger partial charge on any atom is 0.256 e. The van der Waals surface area contributed by atoms with Crippen LogP contribution in [0.4, 0.5) is 15.8 Å². The molecule has 2 amide bonds. The van der Waals surface area contributed by atoms with Crippen LogP contribution in [0.15, 0.2) is 87.5 Å². The van der Waals surface area contributed by atoms with Gasteiger partial charge in [0.05, 0.1) is 17.4 Å². The molecular weight excluding hydrogens is 417 g/mol. The van der Waals surface area contributed by atoms with Gasteiger partial charge in [0.25, 0.3) is 11.8 Å². The summed E-state index contributed by atoms with van der Waals surface area (Å²) < 4.78 is 18.9. The van der Waals surface area contributed by atoms with Crippen LogP contribution in [0.1, 0.15) is 20.7 Å². The molecule has 1 aliphatic rings. The van der Waals surface area contributed by atoms with Gasteiger partial charge in [-0.2, -0.15) is 0 Å². The van der Waals surface area contributed by atoms with E-state index >= 15 is 0 Å². The fourth-order valence-electron chi connectivity index (χ4n) is 3.25. The molecule has 1 aromatic heterocycles. The Labute approximate surface area is 180 Å². The van der Waals surface area contributed by atoms with Gasteiger partial charge in [0.2, 0.25) is 0 Å². The molecule has 0 radical (unpaired) electrons. The molecule has 2 heterocycles. The minimum atomic E-state index is -0.479. The highest BCUT2D eigenvalue weighted by molar-refractivity contribution is 7.99. The summed E-state index contributed by atoms with van der Waals surface area (Å²) in [6.07, 6.45) is 2.94. The van der Waals surface area contributed by atoms with E-state index in [4.69, 9.17) is 4.42 Å². The smallest absolute Gasteiger partial charge is 0.256 e. The monoisotopic (exact) mass is 431 g/mol. The van der Waals surface area contributed by atoms with Crippen molar-refractivity contribution in [3.8, 4) is 11.3 Å². The van der Waals surface area contributed by atoms with Crippen molar-refractivity contribution in [3.05, 3.63) is 90.2 Å². The van der Waals surface area contributed by atoms with E-state index in [1.54, 1.807) is 48.7 Å². The normalized spacial score (nSPS) is 12.4. The van der Waals surface area contributed by atoms with Crippen LogP contribution in [-0.4, -0.2) is 16.8 Å². The van der Waals surface area contributed by atoms with Crippen molar-refractivity contribution in [2.45, 2.75) is 9.79 Å². The Morgan fingerprint density at radius 1 is 1.06 bits per heavy atom. The molecule has 0 saturated heterocycles. The Hall–Kier alpha value is -3.91. The zero-order valence-electron chi connectivity index (χ0n) is 15.9. The highest BCUT2D eigenvalue weighted by atomic mass is 32.2. The summed E-state index contributed by atoms with van der Waals surface area (Å²) >= 11 is 1.34. The van der Waals surface area contributed by atoms with E-state index in [1.165, 1.54) is 30.3 Å². The second-order valence-electron chi connectivity index (χ2n) is 6.81. The van der Waals surface area contributed by atoms with Gasteiger partial charge in [-0.15, -0.1) is 0 Å². The summed E-state index contributed by atoms with van der Waals surface area (Å²) in [6.45, 7) is 0. The Morgan fingerprint density at radius 3 is 2.77 bits per heavy atom. The number of carbonyl (C=O) groups excluding carboxylic acids is 2. The molecule has 152 valence electrons. The number of fused-ring (bicyclic) bond motifs is 2. The molecule has 0 bridgehead atoms. The van der Waals surface area contributed by atoms with Gasteiger partial charge in [-0.3, -0.25) is 9.59 Å². The second kappa shape index (κ2) is 7.73. The van der Waals surface area contributed by atoms with Crippen molar-refractivity contribution in [3.63, 3.8) is 0 Å². The summed E-state index contributed by atoms with van der Waals surface area (Å²) in [4.78, 5) is 30.7. The number of carbonyl (C=O) groups is 2. The number of oxazole rings is 1. The average molecular weight is 431 g/mol. The van der Waals surface area contributed by atoms with Crippen LogP contribution in [0, 0.1) is 5.82 Å². The number of nitrogens with one attached hydrogen (secondary N) is 2. The third-order valence-corrected chi connectivity index (χ3v) is 5.89. The summed E-state index contributed by atoms with van der Waals surface area (Å²) in [6, 6.07) is 16.4. The lowest BCUT2D eigenvalue weighted by Crippen LogP contribution is -2.14. The lowest BCUT2D eigenvalue weighted by Gasteiger charge is -2.10. The molecule has 31 heavy (non-hydrogen) atoms. The molecule has 0 atom stereocenters. The van der Waals surface area contributed by atoms with Gasteiger partial charge in [0, 0.05) is 26.6 Å². The van der Waals surface area contributed by atoms with Crippen molar-refractivity contribution in [1.29, 1.82) is 0 Å². The van der Waals surface area contributed by atoms with Crippen LogP contribution in [-0.2, 0) is 0 Å². The van der Waals surface area contributed by atoms with E-state index in [2.05, 4.69) is 15.6 Å². The second-order valence-corrected chi connectivity index (χ2v) is 7.89. The first kappa shape index (κ1) is 19.1. The highest BCUT2D eigenvalue weighted by Gasteiger charge is 2.21. The van der Waals surface area contributed by atoms with Crippen molar-refractivity contribution >= 4 is 35.0 Å². The van der Waals surface area contributed by atoms with Crippen LogP contribution in [0.3, 0.4) is 0 Å². The molecule has 6 nitrogen and oxygen atoms in total. The van der Waals surface area contributed by atoms with Crippen LogP contribution in [0.2, 0.25) is 0 Å². The van der Waals surface area contributed by atoms with Crippen LogP contribution >= 0.6 is 11.8 Å². The van der Waals surface area contributed by atoms with Crippen LogP contribution < -0.4 is 10.6 Å². The van der Waals surface area contributed by atoms with Crippen molar-refractivity contribution in [2.24, 2.45) is 0 Å². The minimum absolute atomic E-state index is 0.261. The van der Waals surface area contributed by atoms with Gasteiger partial charge < -0.3 is 15.1 Å². The SMILES string of the molecule is O=C(Nc1cccc(-c2cnco2)c1)c1ccc2c(c1)NC(=O)c1cc(F)ccc1S2. The zero-order chi connectivity index (χ0) is 21.4. The number of hydrogen-bond acceptors (Lipinski definition) is 5. The maximum absolute atomic E-state index is 13.6. The first-order valence-electron chi connectivity index (χ1n) is 9.30. The van der Waals surface area contributed by atoms with Crippen molar-refractivity contribution in [1.82, 2.24) is 4.98 Å². The summed E-state index contributed by atoms with van der Waals surface area (Å²) in [7, 11) is 0. The molecule has 0 unspecified atom stereocenters. The molecule has 0 saturated carbocycles. The maximum atomic E-state index is 13.6. The fraction of sp³-hybridized carbons (Fsp3) is 0. The summed E-state index contributed by atoms with van der Waals surface area (Å²) in [5.41, 5.74) is 2.51. The van der Waals surface area contributed by atoms with Crippen molar-refractivity contribution < 1.29 is 18.4 Å². The number of hydrogen-bond donors (Lipinski definition) is 2. The van der Waals surface area contributed by atoms with E-state index in [1.807, 2.05) is 6.07 Å². The van der Waals surface area contributed by atoms with Gasteiger partial charge >= 0.3 is 0 Å². The number of benzene rings is 3. The first-order valence-corrected chi connectivity index (χ1v) is 10.1. The van der Waals surface area contributed by atoms with E-state index < -0.39 is 11.7 Å². The number of aromatic nitrogens is 1. The predicted octanol–water partition coefficient (Wildman–Crippen LogP) is 5.45.